The summed E-state index contributed by atoms with van der Waals surface area (Å²) in [5, 5.41) is 12.9. The molecule has 1 aliphatic carbocycles. The molecule has 1 aromatic rings. The molecule has 0 aromatic heterocycles. The Morgan fingerprint density at radius 2 is 1.94 bits per heavy atom. The van der Waals surface area contributed by atoms with Crippen LogP contribution in [0.1, 0.15) is 37.3 Å². The predicted molar refractivity (Wildman–Crippen MR) is 69.8 cm³/mol. The van der Waals surface area contributed by atoms with Gasteiger partial charge in [0.25, 0.3) is 0 Å². The molecule has 0 bridgehead atoms. The van der Waals surface area contributed by atoms with E-state index in [1.807, 2.05) is 30.3 Å². The molecule has 1 aromatic carbocycles. The first-order valence-corrected chi connectivity index (χ1v) is 6.41. The highest BCUT2D eigenvalue weighted by Crippen LogP contribution is 2.28. The SMILES string of the molecule is N[C@@H](C(=O)NCC1(O)CCCC1)c1ccccc1. The number of nitrogens with one attached hydrogen (secondary N) is 1. The molecule has 0 spiro atoms. The minimum atomic E-state index is -0.730. The fourth-order valence-corrected chi connectivity index (χ4v) is 2.38. The van der Waals surface area contributed by atoms with Gasteiger partial charge in [0.1, 0.15) is 6.04 Å². The highest BCUT2D eigenvalue weighted by atomic mass is 16.3. The number of hydrogen-bond acceptors (Lipinski definition) is 3. The zero-order chi connectivity index (χ0) is 13.0. The molecule has 2 rings (SSSR count). The van der Waals surface area contributed by atoms with E-state index in [1.54, 1.807) is 0 Å². The average Bonchev–Trinajstić information content (AvgIpc) is 2.83. The summed E-state index contributed by atoms with van der Waals surface area (Å²) in [4.78, 5) is 11.9. The van der Waals surface area contributed by atoms with Gasteiger partial charge in [0.05, 0.1) is 5.60 Å². The Balaban J connectivity index is 1.88. The molecule has 4 nitrogen and oxygen atoms in total. The summed E-state index contributed by atoms with van der Waals surface area (Å²) in [7, 11) is 0. The van der Waals surface area contributed by atoms with Crippen molar-refractivity contribution in [3.05, 3.63) is 35.9 Å². The Morgan fingerprint density at radius 1 is 1.33 bits per heavy atom. The van der Waals surface area contributed by atoms with Crippen LogP contribution in [0.15, 0.2) is 30.3 Å². The molecule has 1 amide bonds. The Bertz CT molecular complexity index is 400. The summed E-state index contributed by atoms with van der Waals surface area (Å²) >= 11 is 0. The van der Waals surface area contributed by atoms with Crippen molar-refractivity contribution in [2.45, 2.75) is 37.3 Å². The van der Waals surface area contributed by atoms with Gasteiger partial charge in [-0.3, -0.25) is 4.79 Å². The van der Waals surface area contributed by atoms with Crippen LogP contribution >= 0.6 is 0 Å². The van der Waals surface area contributed by atoms with E-state index in [2.05, 4.69) is 5.32 Å². The maximum Gasteiger partial charge on any atom is 0.241 e. The van der Waals surface area contributed by atoms with Gasteiger partial charge in [-0.25, -0.2) is 0 Å². The van der Waals surface area contributed by atoms with E-state index >= 15 is 0 Å². The smallest absolute Gasteiger partial charge is 0.241 e. The van der Waals surface area contributed by atoms with Gasteiger partial charge >= 0.3 is 0 Å². The quantitative estimate of drug-likeness (QED) is 0.747. The Labute approximate surface area is 107 Å². The lowest BCUT2D eigenvalue weighted by molar-refractivity contribution is -0.123. The molecule has 0 unspecified atom stereocenters. The molecule has 1 saturated carbocycles. The Hall–Kier alpha value is -1.39. The third-order valence-corrected chi connectivity index (χ3v) is 3.57. The van der Waals surface area contributed by atoms with Crippen molar-refractivity contribution in [2.75, 3.05) is 6.54 Å². The summed E-state index contributed by atoms with van der Waals surface area (Å²) < 4.78 is 0. The van der Waals surface area contributed by atoms with E-state index < -0.39 is 11.6 Å². The second-order valence-electron chi connectivity index (χ2n) is 5.04. The third-order valence-electron chi connectivity index (χ3n) is 3.57. The first kappa shape index (κ1) is 13.1. The molecular weight excluding hydrogens is 228 g/mol. The molecule has 1 fully saturated rings. The van der Waals surface area contributed by atoms with Crippen molar-refractivity contribution in [1.29, 1.82) is 0 Å². The molecule has 4 heteroatoms. The molecule has 0 heterocycles. The zero-order valence-corrected chi connectivity index (χ0v) is 10.4. The lowest BCUT2D eigenvalue weighted by atomic mass is 10.0. The fraction of sp³-hybridized carbons (Fsp3) is 0.500. The number of carbonyl (C=O) groups excluding carboxylic acids is 1. The van der Waals surface area contributed by atoms with Crippen LogP contribution in [0, 0.1) is 0 Å². The second-order valence-corrected chi connectivity index (χ2v) is 5.04. The van der Waals surface area contributed by atoms with Crippen molar-refractivity contribution in [2.24, 2.45) is 5.73 Å². The number of hydrogen-bond donors (Lipinski definition) is 3. The summed E-state index contributed by atoms with van der Waals surface area (Å²) in [6.07, 6.45) is 3.57. The van der Waals surface area contributed by atoms with E-state index in [4.69, 9.17) is 5.73 Å². The van der Waals surface area contributed by atoms with E-state index in [0.29, 0.717) is 6.54 Å². The molecule has 0 saturated heterocycles. The highest BCUT2D eigenvalue weighted by molar-refractivity contribution is 5.82. The summed E-state index contributed by atoms with van der Waals surface area (Å²) in [6.45, 7) is 0.298. The van der Waals surface area contributed by atoms with Crippen LogP contribution in [-0.2, 0) is 4.79 Å². The standard InChI is InChI=1S/C14H20N2O2/c15-12(11-6-2-1-3-7-11)13(17)16-10-14(18)8-4-5-9-14/h1-3,6-7,12,18H,4-5,8-10,15H2,(H,16,17)/t12-/m1/s1. The van der Waals surface area contributed by atoms with Gasteiger partial charge in [-0.15, -0.1) is 0 Å². The number of benzene rings is 1. The van der Waals surface area contributed by atoms with Crippen LogP contribution in [0.4, 0.5) is 0 Å². The van der Waals surface area contributed by atoms with Crippen LogP contribution in [0.3, 0.4) is 0 Å². The second kappa shape index (κ2) is 5.50. The first-order chi connectivity index (χ1) is 8.61. The molecule has 4 N–H and O–H groups in total. The van der Waals surface area contributed by atoms with Crippen LogP contribution in [0.25, 0.3) is 0 Å². The fourth-order valence-electron chi connectivity index (χ4n) is 2.38. The van der Waals surface area contributed by atoms with Gasteiger partial charge < -0.3 is 16.2 Å². The maximum absolute atomic E-state index is 11.9. The van der Waals surface area contributed by atoms with Crippen molar-refractivity contribution in [3.8, 4) is 0 Å². The lowest BCUT2D eigenvalue weighted by Gasteiger charge is -2.23. The Kier molecular flexibility index (Phi) is 3.99. The van der Waals surface area contributed by atoms with Crippen molar-refractivity contribution < 1.29 is 9.90 Å². The monoisotopic (exact) mass is 248 g/mol. The van der Waals surface area contributed by atoms with E-state index in [0.717, 1.165) is 31.2 Å². The van der Waals surface area contributed by atoms with Crippen molar-refractivity contribution >= 4 is 5.91 Å². The van der Waals surface area contributed by atoms with Crippen molar-refractivity contribution in [1.82, 2.24) is 5.32 Å². The zero-order valence-electron chi connectivity index (χ0n) is 10.4. The first-order valence-electron chi connectivity index (χ1n) is 6.41. The van der Waals surface area contributed by atoms with Gasteiger partial charge in [-0.05, 0) is 18.4 Å². The number of rotatable bonds is 4. The molecule has 1 aliphatic rings. The number of aliphatic hydroxyl groups is 1. The predicted octanol–water partition coefficient (Wildman–Crippen LogP) is 1.11. The highest BCUT2D eigenvalue weighted by Gasteiger charge is 2.31. The van der Waals surface area contributed by atoms with Gasteiger partial charge in [0.2, 0.25) is 5.91 Å². The van der Waals surface area contributed by atoms with E-state index in [9.17, 15) is 9.90 Å². The average molecular weight is 248 g/mol. The molecular formula is C14H20N2O2. The summed E-state index contributed by atoms with van der Waals surface area (Å²) in [5.74, 6) is -0.235. The number of amides is 1. The Morgan fingerprint density at radius 3 is 2.56 bits per heavy atom. The molecule has 98 valence electrons. The largest absolute Gasteiger partial charge is 0.388 e. The maximum atomic E-state index is 11.9. The van der Waals surface area contributed by atoms with Crippen LogP contribution in [-0.4, -0.2) is 23.2 Å². The van der Waals surface area contributed by atoms with Gasteiger partial charge in [-0.1, -0.05) is 43.2 Å². The molecule has 1 atom stereocenters. The van der Waals surface area contributed by atoms with Crippen LogP contribution in [0.2, 0.25) is 0 Å². The minimum Gasteiger partial charge on any atom is -0.388 e. The van der Waals surface area contributed by atoms with E-state index in [1.165, 1.54) is 0 Å². The summed E-state index contributed by atoms with van der Waals surface area (Å²) in [5.41, 5.74) is 5.93. The molecule has 18 heavy (non-hydrogen) atoms. The minimum absolute atomic E-state index is 0.235. The number of nitrogens with two attached hydrogens (primary N) is 1. The normalized spacial score (nSPS) is 19.4. The third kappa shape index (κ3) is 3.09. The van der Waals surface area contributed by atoms with Crippen LogP contribution < -0.4 is 11.1 Å². The lowest BCUT2D eigenvalue weighted by Crippen LogP contribution is -2.44. The van der Waals surface area contributed by atoms with Crippen LogP contribution in [0.5, 0.6) is 0 Å². The van der Waals surface area contributed by atoms with E-state index in [-0.39, 0.29) is 5.91 Å². The molecule has 0 aliphatic heterocycles. The molecule has 0 radical (unpaired) electrons. The summed E-state index contributed by atoms with van der Waals surface area (Å²) in [6, 6.07) is 8.58. The van der Waals surface area contributed by atoms with Gasteiger partial charge in [0, 0.05) is 6.54 Å². The topological polar surface area (TPSA) is 75.4 Å². The van der Waals surface area contributed by atoms with Gasteiger partial charge in [-0.2, -0.15) is 0 Å². The number of carbonyl (C=O) groups is 1. The van der Waals surface area contributed by atoms with Crippen molar-refractivity contribution in [3.63, 3.8) is 0 Å². The van der Waals surface area contributed by atoms with Gasteiger partial charge in [0.15, 0.2) is 0 Å².